The number of ether oxygens (including phenoxy) is 1. The molecule has 2 fully saturated rings. The largest absolute Gasteiger partial charge is 0.466 e. The molecule has 1 amide bonds. The summed E-state index contributed by atoms with van der Waals surface area (Å²) in [4.78, 5) is 25.9. The van der Waals surface area contributed by atoms with Crippen LogP contribution in [0, 0.1) is 17.8 Å². The Bertz CT molecular complexity index is 325. The summed E-state index contributed by atoms with van der Waals surface area (Å²) in [5.74, 6) is 0.682. The fourth-order valence-corrected chi connectivity index (χ4v) is 2.72. The third-order valence-electron chi connectivity index (χ3n) is 4.07. The Balaban J connectivity index is 1.89. The topological polar surface area (TPSA) is 46.6 Å². The molecular formula is C14H23NO3. The summed E-state index contributed by atoms with van der Waals surface area (Å²) in [5, 5.41) is 0. The Morgan fingerprint density at radius 3 is 2.67 bits per heavy atom. The molecule has 1 saturated carbocycles. The number of rotatable bonds is 4. The van der Waals surface area contributed by atoms with Gasteiger partial charge in [0.1, 0.15) is 0 Å². The first-order valence-electron chi connectivity index (χ1n) is 7.09. The minimum atomic E-state index is -0.144. The smallest absolute Gasteiger partial charge is 0.310 e. The van der Waals surface area contributed by atoms with Gasteiger partial charge in [-0.25, -0.2) is 0 Å². The van der Waals surface area contributed by atoms with Crippen molar-refractivity contribution in [2.75, 3.05) is 19.7 Å². The molecule has 0 aromatic rings. The normalized spacial score (nSPS) is 25.7. The molecule has 0 aromatic heterocycles. The maximum Gasteiger partial charge on any atom is 0.310 e. The number of carbonyl (C=O) groups is 2. The molecule has 4 heteroatoms. The lowest BCUT2D eigenvalue weighted by atomic mass is 9.96. The summed E-state index contributed by atoms with van der Waals surface area (Å²) in [6, 6.07) is 0. The molecule has 102 valence electrons. The number of hydrogen-bond acceptors (Lipinski definition) is 3. The third-order valence-corrected chi connectivity index (χ3v) is 4.07. The first-order chi connectivity index (χ1) is 8.63. The zero-order valence-corrected chi connectivity index (χ0v) is 11.4. The summed E-state index contributed by atoms with van der Waals surface area (Å²) in [5.41, 5.74) is 0. The van der Waals surface area contributed by atoms with Gasteiger partial charge in [-0.05, 0) is 38.5 Å². The molecule has 1 aliphatic heterocycles. The van der Waals surface area contributed by atoms with Crippen molar-refractivity contribution in [3.63, 3.8) is 0 Å². The molecular weight excluding hydrogens is 230 g/mol. The molecule has 4 nitrogen and oxygen atoms in total. The molecule has 2 unspecified atom stereocenters. The van der Waals surface area contributed by atoms with E-state index in [-0.39, 0.29) is 23.7 Å². The Labute approximate surface area is 109 Å². The van der Waals surface area contributed by atoms with Crippen LogP contribution in [0.4, 0.5) is 0 Å². The van der Waals surface area contributed by atoms with E-state index in [1.165, 1.54) is 12.8 Å². The van der Waals surface area contributed by atoms with E-state index in [0.29, 0.717) is 19.1 Å². The number of piperidine rings is 1. The predicted molar refractivity (Wildman–Crippen MR) is 67.8 cm³/mol. The van der Waals surface area contributed by atoms with Crippen LogP contribution in [0.3, 0.4) is 0 Å². The second kappa shape index (κ2) is 5.72. The van der Waals surface area contributed by atoms with Gasteiger partial charge in [-0.15, -0.1) is 0 Å². The summed E-state index contributed by atoms with van der Waals surface area (Å²) >= 11 is 0. The van der Waals surface area contributed by atoms with Gasteiger partial charge in [-0.3, -0.25) is 9.59 Å². The van der Waals surface area contributed by atoms with Crippen LogP contribution in [-0.4, -0.2) is 36.5 Å². The van der Waals surface area contributed by atoms with Crippen LogP contribution in [0.2, 0.25) is 0 Å². The predicted octanol–water partition coefficient (Wildman–Crippen LogP) is 1.83. The number of amides is 1. The Kier molecular flexibility index (Phi) is 4.25. The third kappa shape index (κ3) is 3.03. The minimum Gasteiger partial charge on any atom is -0.466 e. The molecule has 18 heavy (non-hydrogen) atoms. The molecule has 0 aromatic carbocycles. The summed E-state index contributed by atoms with van der Waals surface area (Å²) in [6.07, 6.45) is 4.12. The summed E-state index contributed by atoms with van der Waals surface area (Å²) < 4.78 is 5.05. The second-order valence-electron chi connectivity index (χ2n) is 5.50. The lowest BCUT2D eigenvalue weighted by Crippen LogP contribution is -2.45. The average molecular weight is 253 g/mol. The number of likely N-dealkylation sites (tertiary alicyclic amines) is 1. The van der Waals surface area contributed by atoms with E-state index < -0.39 is 0 Å². The number of carbonyl (C=O) groups excluding carboxylic acids is 2. The fraction of sp³-hybridized carbons (Fsp3) is 0.857. The van der Waals surface area contributed by atoms with Gasteiger partial charge in [-0.1, -0.05) is 6.92 Å². The van der Waals surface area contributed by atoms with Crippen molar-refractivity contribution >= 4 is 11.9 Å². The van der Waals surface area contributed by atoms with Crippen molar-refractivity contribution in [3.05, 3.63) is 0 Å². The van der Waals surface area contributed by atoms with Gasteiger partial charge in [0, 0.05) is 19.0 Å². The van der Waals surface area contributed by atoms with E-state index in [2.05, 4.69) is 0 Å². The van der Waals surface area contributed by atoms with E-state index >= 15 is 0 Å². The van der Waals surface area contributed by atoms with E-state index in [9.17, 15) is 9.59 Å². The molecule has 2 rings (SSSR count). The van der Waals surface area contributed by atoms with Crippen LogP contribution in [0.25, 0.3) is 0 Å². The van der Waals surface area contributed by atoms with Crippen LogP contribution < -0.4 is 0 Å². The van der Waals surface area contributed by atoms with E-state index in [1.807, 2.05) is 18.7 Å². The first kappa shape index (κ1) is 13.4. The van der Waals surface area contributed by atoms with Gasteiger partial charge in [0.05, 0.1) is 12.5 Å². The van der Waals surface area contributed by atoms with Crippen LogP contribution in [0.5, 0.6) is 0 Å². The van der Waals surface area contributed by atoms with Crippen LogP contribution >= 0.6 is 0 Å². The highest BCUT2D eigenvalue weighted by atomic mass is 16.5. The van der Waals surface area contributed by atoms with Crippen molar-refractivity contribution in [3.8, 4) is 0 Å². The Morgan fingerprint density at radius 1 is 1.33 bits per heavy atom. The molecule has 2 aliphatic rings. The van der Waals surface area contributed by atoms with Gasteiger partial charge < -0.3 is 9.64 Å². The highest BCUT2D eigenvalue weighted by Gasteiger charge is 2.37. The number of hydrogen-bond donors (Lipinski definition) is 0. The van der Waals surface area contributed by atoms with Gasteiger partial charge in [0.15, 0.2) is 0 Å². The molecule has 1 aliphatic carbocycles. The average Bonchev–Trinajstić information content (AvgIpc) is 3.22. The van der Waals surface area contributed by atoms with Gasteiger partial charge in [0.25, 0.3) is 0 Å². The SMILES string of the molecule is CCOC(=O)C1CCCN(C(=O)C(C)C2CC2)C1. The van der Waals surface area contributed by atoms with Gasteiger partial charge in [-0.2, -0.15) is 0 Å². The van der Waals surface area contributed by atoms with Crippen molar-refractivity contribution in [1.82, 2.24) is 4.90 Å². The monoisotopic (exact) mass is 253 g/mol. The van der Waals surface area contributed by atoms with E-state index in [1.54, 1.807) is 0 Å². The molecule has 1 saturated heterocycles. The quantitative estimate of drug-likeness (QED) is 0.718. The number of nitrogens with zero attached hydrogens (tertiary/aromatic N) is 1. The zero-order valence-electron chi connectivity index (χ0n) is 11.4. The van der Waals surface area contributed by atoms with Crippen molar-refractivity contribution in [1.29, 1.82) is 0 Å². The van der Waals surface area contributed by atoms with Crippen LogP contribution in [-0.2, 0) is 14.3 Å². The maximum absolute atomic E-state index is 12.3. The molecule has 1 heterocycles. The second-order valence-corrected chi connectivity index (χ2v) is 5.50. The van der Waals surface area contributed by atoms with Crippen LogP contribution in [0.1, 0.15) is 39.5 Å². The van der Waals surface area contributed by atoms with Gasteiger partial charge >= 0.3 is 5.97 Å². The van der Waals surface area contributed by atoms with E-state index in [0.717, 1.165) is 19.4 Å². The van der Waals surface area contributed by atoms with E-state index in [4.69, 9.17) is 4.74 Å². The minimum absolute atomic E-state index is 0.117. The number of esters is 1. The first-order valence-corrected chi connectivity index (χ1v) is 7.09. The lowest BCUT2D eigenvalue weighted by Gasteiger charge is -2.33. The summed E-state index contributed by atoms with van der Waals surface area (Å²) in [6.45, 7) is 5.61. The summed E-state index contributed by atoms with van der Waals surface area (Å²) in [7, 11) is 0. The van der Waals surface area contributed by atoms with Gasteiger partial charge in [0.2, 0.25) is 5.91 Å². The highest BCUT2D eigenvalue weighted by molar-refractivity contribution is 5.80. The standard InChI is InChI=1S/C14H23NO3/c1-3-18-14(17)12-5-4-8-15(9-12)13(16)10(2)11-6-7-11/h10-12H,3-9H2,1-2H3. The van der Waals surface area contributed by atoms with Crippen molar-refractivity contribution in [2.45, 2.75) is 39.5 Å². The molecule has 0 bridgehead atoms. The molecule has 0 N–H and O–H groups in total. The maximum atomic E-state index is 12.3. The Morgan fingerprint density at radius 2 is 2.06 bits per heavy atom. The van der Waals surface area contributed by atoms with Crippen LogP contribution in [0.15, 0.2) is 0 Å². The molecule has 2 atom stereocenters. The highest BCUT2D eigenvalue weighted by Crippen LogP contribution is 2.37. The molecule has 0 spiro atoms. The Hall–Kier alpha value is -1.06. The molecule has 0 radical (unpaired) electrons. The lowest BCUT2D eigenvalue weighted by molar-refractivity contribution is -0.152. The fourth-order valence-electron chi connectivity index (χ4n) is 2.72. The zero-order chi connectivity index (χ0) is 13.1. The van der Waals surface area contributed by atoms with Crippen molar-refractivity contribution in [2.24, 2.45) is 17.8 Å². The van der Waals surface area contributed by atoms with Crippen molar-refractivity contribution < 1.29 is 14.3 Å².